The summed E-state index contributed by atoms with van der Waals surface area (Å²) >= 11 is 6.04. The lowest BCUT2D eigenvalue weighted by atomic mass is 9.90. The Balaban J connectivity index is 2.23. The topological polar surface area (TPSA) is 20.3 Å². The molecular formula is C18H26ClNO. The zero-order chi connectivity index (χ0) is 15.5. The highest BCUT2D eigenvalue weighted by Gasteiger charge is 2.29. The van der Waals surface area contributed by atoms with Crippen molar-refractivity contribution in [1.29, 1.82) is 0 Å². The first-order valence-corrected chi connectivity index (χ1v) is 8.31. The average Bonchev–Trinajstić information content (AvgIpc) is 2.44. The van der Waals surface area contributed by atoms with Gasteiger partial charge in [-0.2, -0.15) is 0 Å². The molecule has 0 N–H and O–H groups in total. The number of halogens is 1. The van der Waals surface area contributed by atoms with E-state index >= 15 is 0 Å². The average molecular weight is 308 g/mol. The molecule has 1 amide bonds. The number of hydrogen-bond donors (Lipinski definition) is 0. The second kappa shape index (κ2) is 6.83. The fourth-order valence-corrected chi connectivity index (χ4v) is 3.25. The van der Waals surface area contributed by atoms with Gasteiger partial charge in [0.25, 0.3) is 5.91 Å². The Hall–Kier alpha value is -1.02. The van der Waals surface area contributed by atoms with E-state index < -0.39 is 0 Å². The molecule has 0 radical (unpaired) electrons. The summed E-state index contributed by atoms with van der Waals surface area (Å²) in [7, 11) is 0. The minimum absolute atomic E-state index is 0.103. The van der Waals surface area contributed by atoms with E-state index in [9.17, 15) is 4.79 Å². The Morgan fingerprint density at radius 1 is 1.24 bits per heavy atom. The molecule has 0 spiro atoms. The number of benzene rings is 1. The van der Waals surface area contributed by atoms with Gasteiger partial charge >= 0.3 is 0 Å². The fourth-order valence-electron chi connectivity index (χ4n) is 3.06. The molecule has 3 heteroatoms. The Labute approximate surface area is 133 Å². The number of hydrogen-bond acceptors (Lipinski definition) is 1. The normalized spacial score (nSPS) is 16.8. The predicted octanol–water partition coefficient (Wildman–Crippen LogP) is 5.16. The van der Waals surface area contributed by atoms with E-state index in [0.717, 1.165) is 19.4 Å². The number of amides is 1. The summed E-state index contributed by atoms with van der Waals surface area (Å²) in [4.78, 5) is 15.0. The minimum atomic E-state index is 0.103. The molecular weight excluding hydrogens is 282 g/mol. The van der Waals surface area contributed by atoms with Crippen molar-refractivity contribution in [3.8, 4) is 0 Å². The van der Waals surface area contributed by atoms with Crippen LogP contribution < -0.4 is 0 Å². The quantitative estimate of drug-likeness (QED) is 0.755. The van der Waals surface area contributed by atoms with E-state index in [1.165, 1.54) is 19.3 Å². The Morgan fingerprint density at radius 2 is 1.90 bits per heavy atom. The molecule has 0 aliphatic heterocycles. The lowest BCUT2D eigenvalue weighted by Gasteiger charge is -2.38. The number of nitrogens with zero attached hydrogens (tertiary/aromatic N) is 1. The number of carbonyl (C=O) groups excluding carboxylic acids is 1. The van der Waals surface area contributed by atoms with Gasteiger partial charge in [-0.15, -0.1) is 0 Å². The van der Waals surface area contributed by atoms with Crippen molar-refractivity contribution in [3.63, 3.8) is 0 Å². The van der Waals surface area contributed by atoms with Crippen molar-refractivity contribution < 1.29 is 4.79 Å². The van der Waals surface area contributed by atoms with Gasteiger partial charge in [0, 0.05) is 23.2 Å². The zero-order valence-corrected chi connectivity index (χ0v) is 14.1. The summed E-state index contributed by atoms with van der Waals surface area (Å²) in [6.45, 7) is 7.36. The molecule has 1 aliphatic rings. The molecule has 1 aromatic rings. The third-order valence-electron chi connectivity index (χ3n) is 3.99. The number of rotatable bonds is 3. The largest absolute Gasteiger partial charge is 0.335 e. The van der Waals surface area contributed by atoms with Crippen LogP contribution in [0.1, 0.15) is 63.2 Å². The van der Waals surface area contributed by atoms with Crippen molar-refractivity contribution in [2.75, 3.05) is 6.54 Å². The Kier molecular flexibility index (Phi) is 5.32. The Bertz CT molecular complexity index is 486. The van der Waals surface area contributed by atoms with Gasteiger partial charge in [0.15, 0.2) is 0 Å². The lowest BCUT2D eigenvalue weighted by Crippen LogP contribution is -2.45. The maximum Gasteiger partial charge on any atom is 0.254 e. The van der Waals surface area contributed by atoms with Gasteiger partial charge in [-0.05, 0) is 36.5 Å². The summed E-state index contributed by atoms with van der Waals surface area (Å²) < 4.78 is 0. The minimum Gasteiger partial charge on any atom is -0.335 e. The van der Waals surface area contributed by atoms with Crippen LogP contribution in [0.4, 0.5) is 0 Å². The molecule has 0 unspecified atom stereocenters. The molecule has 0 aromatic heterocycles. The maximum atomic E-state index is 12.9. The third kappa shape index (κ3) is 4.74. The summed E-state index contributed by atoms with van der Waals surface area (Å²) in [5, 5.41) is 0.625. The zero-order valence-electron chi connectivity index (χ0n) is 13.4. The molecule has 0 heterocycles. The van der Waals surface area contributed by atoms with E-state index in [2.05, 4.69) is 25.7 Å². The molecule has 1 aliphatic carbocycles. The third-order valence-corrected chi connectivity index (χ3v) is 4.23. The highest BCUT2D eigenvalue weighted by molar-refractivity contribution is 6.30. The fraction of sp³-hybridized carbons (Fsp3) is 0.611. The molecule has 1 aromatic carbocycles. The van der Waals surface area contributed by atoms with Gasteiger partial charge in [0.05, 0.1) is 0 Å². The van der Waals surface area contributed by atoms with Gasteiger partial charge in [-0.25, -0.2) is 0 Å². The van der Waals surface area contributed by atoms with Crippen LogP contribution in [0.15, 0.2) is 24.3 Å². The first kappa shape index (κ1) is 16.4. The molecule has 2 nitrogen and oxygen atoms in total. The van der Waals surface area contributed by atoms with Gasteiger partial charge < -0.3 is 4.90 Å². The van der Waals surface area contributed by atoms with Gasteiger partial charge in [-0.1, -0.05) is 57.7 Å². The van der Waals surface area contributed by atoms with E-state index in [4.69, 9.17) is 11.6 Å². The second-order valence-electron chi connectivity index (χ2n) is 7.30. The highest BCUT2D eigenvalue weighted by Crippen LogP contribution is 2.28. The lowest BCUT2D eigenvalue weighted by molar-refractivity contribution is 0.0544. The molecule has 21 heavy (non-hydrogen) atoms. The summed E-state index contributed by atoms with van der Waals surface area (Å²) in [5.41, 5.74) is 0.809. The van der Waals surface area contributed by atoms with E-state index in [1.807, 2.05) is 18.2 Å². The highest BCUT2D eigenvalue weighted by atomic mass is 35.5. The van der Waals surface area contributed by atoms with Gasteiger partial charge in [0.2, 0.25) is 0 Å². The van der Waals surface area contributed by atoms with Crippen molar-refractivity contribution >= 4 is 17.5 Å². The van der Waals surface area contributed by atoms with Crippen LogP contribution >= 0.6 is 11.6 Å². The molecule has 0 atom stereocenters. The monoisotopic (exact) mass is 307 g/mol. The molecule has 1 saturated carbocycles. The van der Waals surface area contributed by atoms with E-state index in [1.54, 1.807) is 6.07 Å². The molecule has 2 rings (SSSR count). The molecule has 0 bridgehead atoms. The number of carbonyl (C=O) groups is 1. The van der Waals surface area contributed by atoms with Crippen molar-refractivity contribution in [2.45, 2.75) is 58.9 Å². The summed E-state index contributed by atoms with van der Waals surface area (Å²) in [6, 6.07) is 7.69. The van der Waals surface area contributed by atoms with Crippen molar-refractivity contribution in [1.82, 2.24) is 4.90 Å². The van der Waals surface area contributed by atoms with Gasteiger partial charge in [0.1, 0.15) is 0 Å². The summed E-state index contributed by atoms with van der Waals surface area (Å²) in [5.74, 6) is 0.124. The summed E-state index contributed by atoms with van der Waals surface area (Å²) in [6.07, 6.45) is 6.01. The standard InChI is InChI=1S/C18H26ClNO/c1-18(2,3)13-20(16-10-5-4-6-11-16)17(21)14-8-7-9-15(19)12-14/h7-9,12,16H,4-6,10-11,13H2,1-3H3. The van der Waals surface area contributed by atoms with Gasteiger partial charge in [-0.3, -0.25) is 4.79 Å². The predicted molar refractivity (Wildman–Crippen MR) is 88.8 cm³/mol. The molecule has 1 fully saturated rings. The molecule has 116 valence electrons. The smallest absolute Gasteiger partial charge is 0.254 e. The van der Waals surface area contributed by atoms with E-state index in [-0.39, 0.29) is 11.3 Å². The van der Waals surface area contributed by atoms with Crippen LogP contribution in [0.3, 0.4) is 0 Å². The first-order chi connectivity index (χ1) is 9.87. The van der Waals surface area contributed by atoms with Crippen LogP contribution in [0.2, 0.25) is 5.02 Å². The van der Waals surface area contributed by atoms with Crippen LogP contribution in [0.5, 0.6) is 0 Å². The van der Waals surface area contributed by atoms with Crippen LogP contribution in [-0.4, -0.2) is 23.4 Å². The van der Waals surface area contributed by atoms with E-state index in [0.29, 0.717) is 16.6 Å². The van der Waals surface area contributed by atoms with Crippen LogP contribution in [0, 0.1) is 5.41 Å². The van der Waals surface area contributed by atoms with Crippen LogP contribution in [-0.2, 0) is 0 Å². The SMILES string of the molecule is CC(C)(C)CN(C(=O)c1cccc(Cl)c1)C1CCCCC1. The van der Waals surface area contributed by atoms with Crippen molar-refractivity contribution in [3.05, 3.63) is 34.9 Å². The second-order valence-corrected chi connectivity index (χ2v) is 7.73. The van der Waals surface area contributed by atoms with Crippen LogP contribution in [0.25, 0.3) is 0 Å². The maximum absolute atomic E-state index is 12.9. The van der Waals surface area contributed by atoms with Crippen molar-refractivity contribution in [2.24, 2.45) is 5.41 Å². The first-order valence-electron chi connectivity index (χ1n) is 7.93. The molecule has 0 saturated heterocycles. The Morgan fingerprint density at radius 3 is 2.48 bits per heavy atom.